The molecule has 0 spiro atoms. The van der Waals surface area contributed by atoms with Gasteiger partial charge in [-0.1, -0.05) is 6.07 Å². The molecule has 0 unspecified atom stereocenters. The predicted octanol–water partition coefficient (Wildman–Crippen LogP) is 1.37. The van der Waals surface area contributed by atoms with Crippen molar-refractivity contribution in [1.82, 2.24) is 9.97 Å². The number of hydrogen-bond acceptors (Lipinski definition) is 5. The molecule has 3 rings (SSSR count). The Morgan fingerprint density at radius 2 is 2.13 bits per heavy atom. The lowest BCUT2D eigenvalue weighted by Gasteiger charge is -2.38. The van der Waals surface area contributed by atoms with Crippen molar-refractivity contribution in [2.24, 2.45) is 11.7 Å². The van der Waals surface area contributed by atoms with Gasteiger partial charge < -0.3 is 16.2 Å². The Morgan fingerprint density at radius 1 is 1.30 bits per heavy atom. The first-order valence-electron chi connectivity index (χ1n) is 7.72. The van der Waals surface area contributed by atoms with E-state index in [2.05, 4.69) is 15.3 Å². The summed E-state index contributed by atoms with van der Waals surface area (Å²) in [7, 11) is 0. The Labute approximate surface area is 134 Å². The van der Waals surface area contributed by atoms with E-state index in [1.807, 2.05) is 18.2 Å². The van der Waals surface area contributed by atoms with E-state index in [4.69, 9.17) is 5.73 Å². The van der Waals surface area contributed by atoms with Crippen molar-refractivity contribution >= 4 is 11.7 Å². The number of carbonyl (C=O) groups is 1. The van der Waals surface area contributed by atoms with E-state index in [0.717, 1.165) is 25.0 Å². The van der Waals surface area contributed by atoms with Crippen LogP contribution in [0, 0.1) is 5.92 Å². The van der Waals surface area contributed by atoms with Gasteiger partial charge in [-0.05, 0) is 43.0 Å². The Morgan fingerprint density at radius 3 is 2.70 bits per heavy atom. The second-order valence-electron chi connectivity index (χ2n) is 5.96. The number of pyridine rings is 2. The van der Waals surface area contributed by atoms with E-state index in [-0.39, 0.29) is 12.1 Å². The monoisotopic (exact) mass is 312 g/mol. The second-order valence-corrected chi connectivity index (χ2v) is 5.96. The van der Waals surface area contributed by atoms with Crippen LogP contribution in [0.25, 0.3) is 0 Å². The van der Waals surface area contributed by atoms with Gasteiger partial charge in [0.1, 0.15) is 5.82 Å². The van der Waals surface area contributed by atoms with Gasteiger partial charge in [-0.2, -0.15) is 0 Å². The van der Waals surface area contributed by atoms with Crippen LogP contribution in [0.2, 0.25) is 0 Å². The molecule has 1 fully saturated rings. The molecule has 6 heteroatoms. The number of nitrogens with two attached hydrogens (primary N) is 1. The van der Waals surface area contributed by atoms with Crippen molar-refractivity contribution < 1.29 is 9.90 Å². The molecule has 2 aromatic heterocycles. The van der Waals surface area contributed by atoms with Crippen molar-refractivity contribution in [2.75, 3.05) is 5.32 Å². The predicted molar refractivity (Wildman–Crippen MR) is 86.8 cm³/mol. The van der Waals surface area contributed by atoms with Crippen molar-refractivity contribution in [3.05, 3.63) is 54.0 Å². The van der Waals surface area contributed by atoms with E-state index in [9.17, 15) is 9.90 Å². The third-order valence-corrected chi connectivity index (χ3v) is 4.26. The number of nitrogens with one attached hydrogen (secondary N) is 1. The van der Waals surface area contributed by atoms with E-state index in [1.54, 1.807) is 18.3 Å². The molecule has 2 heterocycles. The van der Waals surface area contributed by atoms with Gasteiger partial charge in [0.15, 0.2) is 0 Å². The number of aliphatic hydroxyl groups is 1. The highest BCUT2D eigenvalue weighted by molar-refractivity contribution is 5.92. The largest absolute Gasteiger partial charge is 0.393 e. The molecule has 1 aliphatic carbocycles. The van der Waals surface area contributed by atoms with Crippen molar-refractivity contribution in [2.45, 2.75) is 31.4 Å². The zero-order valence-electron chi connectivity index (χ0n) is 12.7. The molecule has 1 atom stereocenters. The fraction of sp³-hybridized carbons (Fsp3) is 0.353. The molecular formula is C17H20N4O2. The lowest BCUT2D eigenvalue weighted by atomic mass is 9.76. The number of primary amides is 1. The number of carbonyl (C=O) groups excluding carboxylic acids is 1. The first-order chi connectivity index (χ1) is 11.1. The highest BCUT2D eigenvalue weighted by Crippen LogP contribution is 2.33. The third-order valence-electron chi connectivity index (χ3n) is 4.26. The van der Waals surface area contributed by atoms with Crippen molar-refractivity contribution in [3.63, 3.8) is 0 Å². The van der Waals surface area contributed by atoms with Gasteiger partial charge in [0.25, 0.3) is 0 Å². The van der Waals surface area contributed by atoms with Crippen LogP contribution in [-0.4, -0.2) is 33.1 Å². The maximum absolute atomic E-state index is 11.1. The Bertz CT molecular complexity index is 654. The van der Waals surface area contributed by atoms with E-state index in [1.165, 1.54) is 6.20 Å². The fourth-order valence-electron chi connectivity index (χ4n) is 2.85. The number of anilines is 1. The normalized spacial score (nSPS) is 21.3. The molecular weight excluding hydrogens is 292 g/mol. The molecule has 1 aliphatic rings. The summed E-state index contributed by atoms with van der Waals surface area (Å²) >= 11 is 0. The fourth-order valence-corrected chi connectivity index (χ4v) is 2.85. The molecule has 0 aromatic carbocycles. The van der Waals surface area contributed by atoms with Gasteiger partial charge in [-0.25, -0.2) is 4.98 Å². The smallest absolute Gasteiger partial charge is 0.250 e. The van der Waals surface area contributed by atoms with Crippen LogP contribution < -0.4 is 11.1 Å². The van der Waals surface area contributed by atoms with E-state index >= 15 is 0 Å². The molecule has 0 bridgehead atoms. The van der Waals surface area contributed by atoms with Gasteiger partial charge >= 0.3 is 0 Å². The summed E-state index contributed by atoms with van der Waals surface area (Å²) < 4.78 is 0. The molecule has 0 radical (unpaired) electrons. The molecule has 2 aromatic rings. The van der Waals surface area contributed by atoms with Crippen LogP contribution in [0.4, 0.5) is 5.82 Å². The van der Waals surface area contributed by atoms with Crippen LogP contribution in [0.5, 0.6) is 0 Å². The number of rotatable bonds is 6. The van der Waals surface area contributed by atoms with Gasteiger partial charge in [-0.3, -0.25) is 9.78 Å². The van der Waals surface area contributed by atoms with Crippen LogP contribution in [0.15, 0.2) is 42.7 Å². The quantitative estimate of drug-likeness (QED) is 0.748. The van der Waals surface area contributed by atoms with Crippen molar-refractivity contribution in [1.29, 1.82) is 0 Å². The zero-order valence-corrected chi connectivity index (χ0v) is 12.7. The highest BCUT2D eigenvalue weighted by Gasteiger charge is 2.34. The van der Waals surface area contributed by atoms with E-state index < -0.39 is 5.91 Å². The average Bonchev–Trinajstić information content (AvgIpc) is 2.53. The molecule has 4 N–H and O–H groups in total. The van der Waals surface area contributed by atoms with Crippen LogP contribution >= 0.6 is 0 Å². The molecule has 0 saturated heterocycles. The zero-order chi connectivity index (χ0) is 16.2. The van der Waals surface area contributed by atoms with Gasteiger partial charge in [0, 0.05) is 30.6 Å². The maximum Gasteiger partial charge on any atom is 0.250 e. The number of aliphatic hydroxyl groups excluding tert-OH is 1. The second kappa shape index (κ2) is 6.75. The number of aromatic nitrogens is 2. The van der Waals surface area contributed by atoms with Crippen molar-refractivity contribution in [3.8, 4) is 0 Å². The maximum atomic E-state index is 11.1. The third kappa shape index (κ3) is 3.84. The molecule has 0 aliphatic heterocycles. The molecule has 23 heavy (non-hydrogen) atoms. The minimum atomic E-state index is -0.490. The summed E-state index contributed by atoms with van der Waals surface area (Å²) in [4.78, 5) is 19.7. The topological polar surface area (TPSA) is 101 Å². The summed E-state index contributed by atoms with van der Waals surface area (Å²) in [5.74, 6) is 0.582. The summed E-state index contributed by atoms with van der Waals surface area (Å²) in [6.45, 7) is 0. The van der Waals surface area contributed by atoms with Gasteiger partial charge in [-0.15, -0.1) is 0 Å². The molecule has 6 nitrogen and oxygen atoms in total. The highest BCUT2D eigenvalue weighted by atomic mass is 16.3. The summed E-state index contributed by atoms with van der Waals surface area (Å²) in [6, 6.07) is 9.40. The van der Waals surface area contributed by atoms with Crippen LogP contribution in [0.1, 0.15) is 28.9 Å². The minimum Gasteiger partial charge on any atom is -0.393 e. The summed E-state index contributed by atoms with van der Waals surface area (Å²) in [5.41, 5.74) is 6.61. The van der Waals surface area contributed by atoms with Crippen LogP contribution in [0.3, 0.4) is 0 Å². The standard InChI is InChI=1S/C17H20N4O2/c18-17(23)11-4-5-16(20-10-11)21-15(12-7-14(22)8-12)9-13-3-1-2-6-19-13/h1-6,10,12,14-15,22H,7-9H2,(H2,18,23)(H,20,21)/t12?,14?,15-/m0/s1. The Balaban J connectivity index is 1.71. The molecule has 120 valence electrons. The first-order valence-corrected chi connectivity index (χ1v) is 7.72. The first kappa shape index (κ1) is 15.4. The summed E-state index contributed by atoms with van der Waals surface area (Å²) in [6.07, 6.45) is 5.36. The summed E-state index contributed by atoms with van der Waals surface area (Å²) in [5, 5.41) is 13.0. The van der Waals surface area contributed by atoms with Crippen LogP contribution in [-0.2, 0) is 6.42 Å². The molecule has 1 amide bonds. The average molecular weight is 312 g/mol. The minimum absolute atomic E-state index is 0.139. The Kier molecular flexibility index (Phi) is 4.52. The van der Waals surface area contributed by atoms with Gasteiger partial charge in [0.2, 0.25) is 5.91 Å². The number of nitrogens with zero attached hydrogens (tertiary/aromatic N) is 2. The number of hydrogen-bond donors (Lipinski definition) is 3. The SMILES string of the molecule is NC(=O)c1ccc(N[C@@H](Cc2ccccn2)C2CC(O)C2)nc1. The molecule has 1 saturated carbocycles. The van der Waals surface area contributed by atoms with E-state index in [0.29, 0.717) is 17.3 Å². The lowest BCUT2D eigenvalue weighted by molar-refractivity contribution is 0.0340. The van der Waals surface area contributed by atoms with Gasteiger partial charge in [0.05, 0.1) is 11.7 Å². The number of amides is 1. The Hall–Kier alpha value is -2.47. The lowest BCUT2D eigenvalue weighted by Crippen LogP contribution is -2.42.